The molecule has 0 saturated carbocycles. The Hall–Kier alpha value is -1.92. The zero-order chi connectivity index (χ0) is 16.3. The predicted molar refractivity (Wildman–Crippen MR) is 86.9 cm³/mol. The van der Waals surface area contributed by atoms with Gasteiger partial charge in [-0.15, -0.1) is 11.3 Å². The number of hydrogen-bond acceptors (Lipinski definition) is 5. The van der Waals surface area contributed by atoms with Crippen molar-refractivity contribution in [1.29, 1.82) is 0 Å². The van der Waals surface area contributed by atoms with Gasteiger partial charge < -0.3 is 10.1 Å². The van der Waals surface area contributed by atoms with Crippen molar-refractivity contribution in [3.05, 3.63) is 45.1 Å². The van der Waals surface area contributed by atoms with Gasteiger partial charge in [-0.2, -0.15) is 0 Å². The van der Waals surface area contributed by atoms with Gasteiger partial charge in [0.25, 0.3) is 5.91 Å². The van der Waals surface area contributed by atoms with Gasteiger partial charge in [-0.05, 0) is 38.5 Å². The number of pyridine rings is 1. The lowest BCUT2D eigenvalue weighted by Gasteiger charge is -2.07. The fourth-order valence-electron chi connectivity index (χ4n) is 1.85. The fraction of sp³-hybridized carbons (Fsp3) is 0.267. The summed E-state index contributed by atoms with van der Waals surface area (Å²) in [4.78, 5) is 29.1. The molecule has 0 bridgehead atoms. The second kappa shape index (κ2) is 6.89. The first-order valence-corrected chi connectivity index (χ1v) is 7.83. The highest BCUT2D eigenvalue weighted by Crippen LogP contribution is 2.33. The van der Waals surface area contributed by atoms with Gasteiger partial charge in [0.1, 0.15) is 10.2 Å². The average molecular weight is 339 g/mol. The number of thiophene rings is 1. The molecule has 0 aliphatic carbocycles. The number of esters is 1. The molecule has 0 spiro atoms. The van der Waals surface area contributed by atoms with E-state index in [4.69, 9.17) is 16.3 Å². The molecule has 2 aromatic rings. The summed E-state index contributed by atoms with van der Waals surface area (Å²) in [7, 11) is 0. The minimum absolute atomic E-state index is 0.279. The van der Waals surface area contributed by atoms with E-state index in [2.05, 4.69) is 10.3 Å². The van der Waals surface area contributed by atoms with Crippen LogP contribution >= 0.6 is 22.9 Å². The number of rotatable bonds is 4. The Morgan fingerprint density at radius 1 is 1.36 bits per heavy atom. The van der Waals surface area contributed by atoms with E-state index in [-0.39, 0.29) is 12.5 Å². The Balaban J connectivity index is 2.29. The Morgan fingerprint density at radius 2 is 2.09 bits per heavy atom. The molecule has 0 fully saturated rings. The van der Waals surface area contributed by atoms with Crippen molar-refractivity contribution in [2.75, 3.05) is 11.9 Å². The number of amides is 1. The summed E-state index contributed by atoms with van der Waals surface area (Å²) in [5, 5.41) is 3.53. The maximum absolute atomic E-state index is 12.2. The van der Waals surface area contributed by atoms with Crippen molar-refractivity contribution in [3.63, 3.8) is 0 Å². The van der Waals surface area contributed by atoms with Gasteiger partial charge in [0.05, 0.1) is 17.7 Å². The molecule has 1 N–H and O–H groups in total. The first-order valence-electron chi connectivity index (χ1n) is 6.64. The highest BCUT2D eigenvalue weighted by Gasteiger charge is 2.22. The first-order chi connectivity index (χ1) is 10.4. The normalized spacial score (nSPS) is 10.4. The first kappa shape index (κ1) is 16.5. The van der Waals surface area contributed by atoms with E-state index in [1.165, 1.54) is 23.6 Å². The van der Waals surface area contributed by atoms with E-state index >= 15 is 0 Å². The van der Waals surface area contributed by atoms with E-state index in [1.54, 1.807) is 13.0 Å². The van der Waals surface area contributed by atoms with Crippen LogP contribution in [0.25, 0.3) is 0 Å². The second-order valence-corrected chi connectivity index (χ2v) is 6.14. The number of aryl methyl sites for hydroxylation is 1. The Bertz CT molecular complexity index is 710. The molecular weight excluding hydrogens is 324 g/mol. The van der Waals surface area contributed by atoms with Crippen molar-refractivity contribution in [1.82, 2.24) is 4.98 Å². The Labute approximate surface area is 137 Å². The molecule has 2 aromatic heterocycles. The van der Waals surface area contributed by atoms with Crippen LogP contribution in [0.4, 0.5) is 5.00 Å². The maximum atomic E-state index is 12.2. The maximum Gasteiger partial charge on any atom is 0.341 e. The number of nitrogens with zero attached hydrogens (tertiary/aromatic N) is 1. The molecule has 2 heterocycles. The number of carbonyl (C=O) groups is 2. The molecule has 0 atom stereocenters. The minimum Gasteiger partial charge on any atom is -0.462 e. The van der Waals surface area contributed by atoms with Crippen LogP contribution in [0.1, 0.15) is 38.1 Å². The number of carbonyl (C=O) groups excluding carboxylic acids is 2. The molecule has 1 amide bonds. The SMILES string of the molecule is CCOC(=O)c1c(NC(=O)c2ccc(Cl)nc2)sc(C)c1C. The van der Waals surface area contributed by atoms with E-state index in [0.29, 0.717) is 21.3 Å². The van der Waals surface area contributed by atoms with Crippen LogP contribution in [0.3, 0.4) is 0 Å². The molecule has 0 aliphatic rings. The summed E-state index contributed by atoms with van der Waals surface area (Å²) >= 11 is 7.04. The zero-order valence-corrected chi connectivity index (χ0v) is 14.0. The monoisotopic (exact) mass is 338 g/mol. The summed E-state index contributed by atoms with van der Waals surface area (Å²) < 4.78 is 5.05. The molecule has 0 radical (unpaired) electrons. The average Bonchev–Trinajstić information content (AvgIpc) is 2.74. The summed E-state index contributed by atoms with van der Waals surface area (Å²) in [6.45, 7) is 5.74. The van der Waals surface area contributed by atoms with Crippen LogP contribution in [-0.4, -0.2) is 23.5 Å². The summed E-state index contributed by atoms with van der Waals surface area (Å²) in [6, 6.07) is 3.11. The van der Waals surface area contributed by atoms with Gasteiger partial charge in [-0.3, -0.25) is 4.79 Å². The quantitative estimate of drug-likeness (QED) is 0.679. The van der Waals surface area contributed by atoms with Gasteiger partial charge >= 0.3 is 5.97 Å². The number of aromatic nitrogens is 1. The van der Waals surface area contributed by atoms with Crippen molar-refractivity contribution in [2.45, 2.75) is 20.8 Å². The molecule has 0 aromatic carbocycles. The summed E-state index contributed by atoms with van der Waals surface area (Å²) in [6.07, 6.45) is 1.38. The van der Waals surface area contributed by atoms with E-state index in [0.717, 1.165) is 10.4 Å². The molecule has 5 nitrogen and oxygen atoms in total. The molecule has 2 rings (SSSR count). The van der Waals surface area contributed by atoms with Crippen molar-refractivity contribution < 1.29 is 14.3 Å². The van der Waals surface area contributed by atoms with E-state index in [1.807, 2.05) is 13.8 Å². The smallest absolute Gasteiger partial charge is 0.341 e. The van der Waals surface area contributed by atoms with Gasteiger partial charge in [0.2, 0.25) is 0 Å². The van der Waals surface area contributed by atoms with Crippen LogP contribution in [0, 0.1) is 13.8 Å². The highest BCUT2D eigenvalue weighted by atomic mass is 35.5. The Morgan fingerprint density at radius 3 is 2.68 bits per heavy atom. The minimum atomic E-state index is -0.436. The third-order valence-corrected chi connectivity index (χ3v) is 4.43. The van der Waals surface area contributed by atoms with Crippen molar-refractivity contribution >= 4 is 39.8 Å². The number of ether oxygens (including phenoxy) is 1. The predicted octanol–water partition coefficient (Wildman–Crippen LogP) is 3.84. The molecule has 22 heavy (non-hydrogen) atoms. The van der Waals surface area contributed by atoms with Crippen LogP contribution in [0.2, 0.25) is 5.15 Å². The van der Waals surface area contributed by atoms with Crippen LogP contribution in [0.5, 0.6) is 0 Å². The lowest BCUT2D eigenvalue weighted by molar-refractivity contribution is 0.0527. The number of nitrogens with one attached hydrogen (secondary N) is 1. The molecule has 116 valence electrons. The fourth-order valence-corrected chi connectivity index (χ4v) is 3.00. The van der Waals surface area contributed by atoms with Crippen LogP contribution in [0.15, 0.2) is 18.3 Å². The standard InChI is InChI=1S/C15H15ClN2O3S/c1-4-21-15(20)12-8(2)9(3)22-14(12)18-13(19)10-5-6-11(16)17-7-10/h5-7H,4H2,1-3H3,(H,18,19). The van der Waals surface area contributed by atoms with Gasteiger partial charge in [0, 0.05) is 11.1 Å². The second-order valence-electron chi connectivity index (χ2n) is 4.53. The van der Waals surface area contributed by atoms with E-state index < -0.39 is 5.97 Å². The number of hydrogen-bond donors (Lipinski definition) is 1. The van der Waals surface area contributed by atoms with Crippen LogP contribution in [-0.2, 0) is 4.74 Å². The molecule has 0 unspecified atom stereocenters. The third-order valence-electron chi connectivity index (χ3n) is 3.08. The van der Waals surface area contributed by atoms with E-state index in [9.17, 15) is 9.59 Å². The Kier molecular flexibility index (Phi) is 5.15. The molecule has 0 aliphatic heterocycles. The largest absolute Gasteiger partial charge is 0.462 e. The summed E-state index contributed by atoms with van der Waals surface area (Å²) in [5.41, 5.74) is 1.58. The van der Waals surface area contributed by atoms with Gasteiger partial charge in [-0.1, -0.05) is 11.6 Å². The molecular formula is C15H15ClN2O3S. The van der Waals surface area contributed by atoms with Crippen LogP contribution < -0.4 is 5.32 Å². The lowest BCUT2D eigenvalue weighted by atomic mass is 10.1. The number of halogens is 1. The lowest BCUT2D eigenvalue weighted by Crippen LogP contribution is -2.15. The van der Waals surface area contributed by atoms with Gasteiger partial charge in [-0.25, -0.2) is 9.78 Å². The van der Waals surface area contributed by atoms with Gasteiger partial charge in [0.15, 0.2) is 0 Å². The third kappa shape index (κ3) is 3.45. The zero-order valence-electron chi connectivity index (χ0n) is 12.4. The highest BCUT2D eigenvalue weighted by molar-refractivity contribution is 7.16. The topological polar surface area (TPSA) is 68.3 Å². The molecule has 7 heteroatoms. The van der Waals surface area contributed by atoms with Crippen molar-refractivity contribution in [2.24, 2.45) is 0 Å². The molecule has 0 saturated heterocycles. The summed E-state index contributed by atoms with van der Waals surface area (Å²) in [5.74, 6) is -0.787. The number of anilines is 1. The van der Waals surface area contributed by atoms with Crippen molar-refractivity contribution in [3.8, 4) is 0 Å².